The molecule has 2 atom stereocenters. The zero-order valence-corrected chi connectivity index (χ0v) is 17.4. The standard InChI is InChI=1S/C25H30FN3O/c26-20-12-10-19(11-13-20)22-8-4-5-9-23(22)28-16-14-25(15-17-28)24(30)27-18-29(25)21-6-2-1-3-7-21/h1-3,6-7,10-13,22-23H,4-5,8-9,14-18H2,(H,27,30)/t22-,23-/m1/s1. The minimum Gasteiger partial charge on any atom is -0.339 e. The summed E-state index contributed by atoms with van der Waals surface area (Å²) in [4.78, 5) is 17.8. The quantitative estimate of drug-likeness (QED) is 0.825. The highest BCUT2D eigenvalue weighted by Crippen LogP contribution is 2.41. The molecule has 5 heteroatoms. The molecule has 2 aromatic rings. The van der Waals surface area contributed by atoms with Crippen LogP contribution in [0.5, 0.6) is 0 Å². The SMILES string of the molecule is O=C1NCN(c2ccccc2)C12CCN([C@@H]1CCCC[C@@H]1c1ccc(F)cc1)CC2. The van der Waals surface area contributed by atoms with Gasteiger partial charge in [-0.25, -0.2) is 4.39 Å². The van der Waals surface area contributed by atoms with E-state index in [1.165, 1.54) is 24.8 Å². The number of carbonyl (C=O) groups excluding carboxylic acids is 1. The zero-order chi connectivity index (χ0) is 20.6. The lowest BCUT2D eigenvalue weighted by Gasteiger charge is -2.48. The van der Waals surface area contributed by atoms with Crippen LogP contribution in [0.2, 0.25) is 0 Å². The summed E-state index contributed by atoms with van der Waals surface area (Å²) in [5.74, 6) is 0.458. The zero-order valence-electron chi connectivity index (χ0n) is 17.4. The summed E-state index contributed by atoms with van der Waals surface area (Å²) in [5, 5.41) is 3.10. The first-order chi connectivity index (χ1) is 14.7. The molecule has 1 amide bonds. The Morgan fingerprint density at radius 2 is 1.63 bits per heavy atom. The van der Waals surface area contributed by atoms with Gasteiger partial charge < -0.3 is 10.2 Å². The van der Waals surface area contributed by atoms with Gasteiger partial charge in [-0.3, -0.25) is 9.69 Å². The number of para-hydroxylation sites is 1. The molecule has 2 aliphatic heterocycles. The second-order valence-corrected chi connectivity index (χ2v) is 9.00. The van der Waals surface area contributed by atoms with Crippen molar-refractivity contribution in [3.05, 3.63) is 66.0 Å². The van der Waals surface area contributed by atoms with E-state index in [2.05, 4.69) is 27.2 Å². The third kappa shape index (κ3) is 3.39. The van der Waals surface area contributed by atoms with E-state index in [0.29, 0.717) is 18.6 Å². The summed E-state index contributed by atoms with van der Waals surface area (Å²) < 4.78 is 13.4. The van der Waals surface area contributed by atoms with Gasteiger partial charge in [0.25, 0.3) is 0 Å². The lowest BCUT2D eigenvalue weighted by molar-refractivity contribution is -0.125. The molecule has 2 heterocycles. The Morgan fingerprint density at radius 3 is 2.37 bits per heavy atom. The first-order valence-electron chi connectivity index (χ1n) is 11.3. The minimum atomic E-state index is -0.433. The maximum atomic E-state index is 13.4. The molecule has 1 N–H and O–H groups in total. The smallest absolute Gasteiger partial charge is 0.247 e. The van der Waals surface area contributed by atoms with Crippen LogP contribution in [0, 0.1) is 5.82 Å². The fourth-order valence-electron chi connectivity index (χ4n) is 5.91. The fourth-order valence-corrected chi connectivity index (χ4v) is 5.91. The van der Waals surface area contributed by atoms with Gasteiger partial charge in [0, 0.05) is 24.8 Å². The molecular weight excluding hydrogens is 377 g/mol. The van der Waals surface area contributed by atoms with Gasteiger partial charge in [0.2, 0.25) is 5.91 Å². The van der Waals surface area contributed by atoms with Crippen molar-refractivity contribution in [1.29, 1.82) is 0 Å². The fraction of sp³-hybridized carbons (Fsp3) is 0.480. The summed E-state index contributed by atoms with van der Waals surface area (Å²) in [6, 6.07) is 17.9. The molecule has 0 radical (unpaired) electrons. The van der Waals surface area contributed by atoms with Crippen LogP contribution in [0.4, 0.5) is 10.1 Å². The maximum absolute atomic E-state index is 13.4. The molecule has 0 bridgehead atoms. The van der Waals surface area contributed by atoms with Crippen LogP contribution in [-0.2, 0) is 4.79 Å². The number of amides is 1. The van der Waals surface area contributed by atoms with Crippen LogP contribution in [-0.4, -0.2) is 42.1 Å². The van der Waals surface area contributed by atoms with Crippen molar-refractivity contribution in [3.63, 3.8) is 0 Å². The Labute approximate surface area is 178 Å². The van der Waals surface area contributed by atoms with Crippen molar-refractivity contribution >= 4 is 11.6 Å². The summed E-state index contributed by atoms with van der Waals surface area (Å²) in [6.45, 7) is 2.45. The van der Waals surface area contributed by atoms with Gasteiger partial charge in [-0.1, -0.05) is 43.2 Å². The Balaban J connectivity index is 1.34. The van der Waals surface area contributed by atoms with E-state index in [1.54, 1.807) is 12.1 Å². The molecule has 1 spiro atoms. The van der Waals surface area contributed by atoms with E-state index in [0.717, 1.165) is 38.0 Å². The van der Waals surface area contributed by atoms with Crippen LogP contribution >= 0.6 is 0 Å². The van der Waals surface area contributed by atoms with Gasteiger partial charge >= 0.3 is 0 Å². The number of nitrogens with one attached hydrogen (secondary N) is 1. The molecule has 2 saturated heterocycles. The van der Waals surface area contributed by atoms with Crippen LogP contribution in [0.15, 0.2) is 54.6 Å². The lowest BCUT2D eigenvalue weighted by atomic mass is 9.77. The Hall–Kier alpha value is -2.40. The van der Waals surface area contributed by atoms with Gasteiger partial charge in [0.15, 0.2) is 0 Å². The number of carbonyl (C=O) groups is 1. The molecule has 1 aliphatic carbocycles. The number of hydrogen-bond acceptors (Lipinski definition) is 3. The average Bonchev–Trinajstić information content (AvgIpc) is 3.11. The number of rotatable bonds is 3. The van der Waals surface area contributed by atoms with Crippen molar-refractivity contribution in [3.8, 4) is 0 Å². The molecule has 3 aliphatic rings. The number of halogens is 1. The molecule has 2 aromatic carbocycles. The molecule has 158 valence electrons. The molecule has 5 rings (SSSR count). The van der Waals surface area contributed by atoms with Crippen molar-refractivity contribution in [2.24, 2.45) is 0 Å². The molecule has 30 heavy (non-hydrogen) atoms. The number of nitrogens with zero attached hydrogens (tertiary/aromatic N) is 2. The first kappa shape index (κ1) is 19.6. The van der Waals surface area contributed by atoms with Crippen molar-refractivity contribution < 1.29 is 9.18 Å². The maximum Gasteiger partial charge on any atom is 0.247 e. The van der Waals surface area contributed by atoms with Crippen molar-refractivity contribution in [1.82, 2.24) is 10.2 Å². The van der Waals surface area contributed by atoms with Gasteiger partial charge in [-0.05, 0) is 61.4 Å². The Bertz CT molecular complexity index is 877. The Kier molecular flexibility index (Phi) is 5.23. The number of likely N-dealkylation sites (tertiary alicyclic amines) is 1. The van der Waals surface area contributed by atoms with E-state index in [-0.39, 0.29) is 11.7 Å². The monoisotopic (exact) mass is 407 g/mol. The lowest BCUT2D eigenvalue weighted by Crippen LogP contribution is -2.58. The van der Waals surface area contributed by atoms with E-state index in [4.69, 9.17) is 0 Å². The summed E-state index contributed by atoms with van der Waals surface area (Å²) in [6.07, 6.45) is 6.53. The van der Waals surface area contributed by atoms with E-state index >= 15 is 0 Å². The molecule has 0 unspecified atom stereocenters. The van der Waals surface area contributed by atoms with E-state index in [9.17, 15) is 9.18 Å². The molecule has 0 aromatic heterocycles. The van der Waals surface area contributed by atoms with Crippen LogP contribution in [0.25, 0.3) is 0 Å². The summed E-state index contributed by atoms with van der Waals surface area (Å²) in [7, 11) is 0. The van der Waals surface area contributed by atoms with Crippen LogP contribution in [0.1, 0.15) is 50.0 Å². The average molecular weight is 408 g/mol. The first-order valence-corrected chi connectivity index (χ1v) is 11.3. The third-order valence-corrected chi connectivity index (χ3v) is 7.53. The van der Waals surface area contributed by atoms with Gasteiger partial charge in [0.05, 0.1) is 6.67 Å². The molecule has 3 fully saturated rings. The summed E-state index contributed by atoms with van der Waals surface area (Å²) >= 11 is 0. The largest absolute Gasteiger partial charge is 0.339 e. The van der Waals surface area contributed by atoms with E-state index < -0.39 is 5.54 Å². The minimum absolute atomic E-state index is 0.167. The number of hydrogen-bond donors (Lipinski definition) is 1. The normalized spacial score (nSPS) is 26.7. The van der Waals surface area contributed by atoms with E-state index in [1.807, 2.05) is 30.3 Å². The predicted molar refractivity (Wildman–Crippen MR) is 117 cm³/mol. The van der Waals surface area contributed by atoms with Gasteiger partial charge in [-0.15, -0.1) is 0 Å². The second kappa shape index (κ2) is 8.03. The molecule has 1 saturated carbocycles. The number of anilines is 1. The highest BCUT2D eigenvalue weighted by atomic mass is 19.1. The number of benzene rings is 2. The predicted octanol–water partition coefficient (Wildman–Crippen LogP) is 4.28. The second-order valence-electron chi connectivity index (χ2n) is 9.00. The van der Waals surface area contributed by atoms with Crippen molar-refractivity contribution in [2.45, 2.75) is 56.0 Å². The highest BCUT2D eigenvalue weighted by Gasteiger charge is 2.51. The topological polar surface area (TPSA) is 35.6 Å². The molecular formula is C25H30FN3O. The third-order valence-electron chi connectivity index (χ3n) is 7.53. The van der Waals surface area contributed by atoms with Crippen molar-refractivity contribution in [2.75, 3.05) is 24.7 Å². The van der Waals surface area contributed by atoms with Crippen LogP contribution < -0.4 is 10.2 Å². The van der Waals surface area contributed by atoms with Crippen LogP contribution in [0.3, 0.4) is 0 Å². The Morgan fingerprint density at radius 1 is 0.933 bits per heavy atom. The highest BCUT2D eigenvalue weighted by molar-refractivity contribution is 5.93. The number of piperidine rings is 1. The summed E-state index contributed by atoms with van der Waals surface area (Å²) in [5.41, 5.74) is 1.94. The van der Waals surface area contributed by atoms with Gasteiger partial charge in [0.1, 0.15) is 11.4 Å². The molecule has 4 nitrogen and oxygen atoms in total. The van der Waals surface area contributed by atoms with Gasteiger partial charge in [-0.2, -0.15) is 0 Å².